The van der Waals surface area contributed by atoms with E-state index in [9.17, 15) is 22.8 Å². The third-order valence-electron chi connectivity index (χ3n) is 4.14. The van der Waals surface area contributed by atoms with Gasteiger partial charge in [0, 0.05) is 29.9 Å². The van der Waals surface area contributed by atoms with Gasteiger partial charge in [-0.1, -0.05) is 13.8 Å². The number of carbonyl (C=O) groups is 2. The Bertz CT molecular complexity index is 794. The number of benzene rings is 2. The van der Waals surface area contributed by atoms with E-state index in [2.05, 4.69) is 5.32 Å². The van der Waals surface area contributed by atoms with Gasteiger partial charge in [-0.05, 0) is 61.4 Å². The number of nitrogens with one attached hydrogen (secondary N) is 1. The molecule has 2 aromatic carbocycles. The molecule has 0 saturated carbocycles. The number of carbonyl (C=O) groups excluding carboxylic acids is 2. The molecule has 0 aromatic heterocycles. The van der Waals surface area contributed by atoms with Crippen molar-refractivity contribution in [1.82, 2.24) is 4.90 Å². The molecule has 2 rings (SSSR count). The predicted octanol–water partition coefficient (Wildman–Crippen LogP) is 5.22. The van der Waals surface area contributed by atoms with Gasteiger partial charge in [-0.3, -0.25) is 9.59 Å². The zero-order valence-corrected chi connectivity index (χ0v) is 15.8. The second-order valence-electron chi connectivity index (χ2n) is 6.40. The van der Waals surface area contributed by atoms with Crippen LogP contribution < -0.4 is 5.32 Å². The molecule has 0 atom stereocenters. The number of halogens is 3. The molecule has 0 spiro atoms. The van der Waals surface area contributed by atoms with Crippen LogP contribution in [0.3, 0.4) is 0 Å². The Labute approximate surface area is 162 Å². The Morgan fingerprint density at radius 3 is 1.82 bits per heavy atom. The lowest BCUT2D eigenvalue weighted by atomic mass is 10.1. The van der Waals surface area contributed by atoms with Gasteiger partial charge in [0.15, 0.2) is 0 Å². The third-order valence-corrected chi connectivity index (χ3v) is 4.14. The van der Waals surface area contributed by atoms with E-state index >= 15 is 0 Å². The van der Waals surface area contributed by atoms with Gasteiger partial charge in [-0.2, -0.15) is 13.2 Å². The number of hydrogen-bond acceptors (Lipinski definition) is 2. The molecule has 0 saturated heterocycles. The van der Waals surface area contributed by atoms with Crippen molar-refractivity contribution in [3.05, 3.63) is 65.2 Å². The van der Waals surface area contributed by atoms with Crippen LogP contribution in [0.4, 0.5) is 18.9 Å². The average Bonchev–Trinajstić information content (AvgIpc) is 2.67. The van der Waals surface area contributed by atoms with E-state index in [0.717, 1.165) is 25.0 Å². The average molecular weight is 392 g/mol. The van der Waals surface area contributed by atoms with Crippen LogP contribution in [0, 0.1) is 0 Å². The monoisotopic (exact) mass is 392 g/mol. The number of alkyl halides is 3. The summed E-state index contributed by atoms with van der Waals surface area (Å²) in [6.45, 7) is 5.35. The van der Waals surface area contributed by atoms with Gasteiger partial charge in [0.1, 0.15) is 0 Å². The molecule has 0 fully saturated rings. The van der Waals surface area contributed by atoms with E-state index in [1.807, 2.05) is 13.8 Å². The van der Waals surface area contributed by atoms with Crippen LogP contribution in [0.1, 0.15) is 53.0 Å². The Hall–Kier alpha value is -2.83. The van der Waals surface area contributed by atoms with Crippen LogP contribution in [0.2, 0.25) is 0 Å². The van der Waals surface area contributed by atoms with Gasteiger partial charge in [0.05, 0.1) is 5.56 Å². The maximum absolute atomic E-state index is 12.6. The molecule has 0 aliphatic heterocycles. The highest BCUT2D eigenvalue weighted by molar-refractivity contribution is 6.05. The fourth-order valence-corrected chi connectivity index (χ4v) is 2.75. The van der Waals surface area contributed by atoms with E-state index in [4.69, 9.17) is 0 Å². The SMILES string of the molecule is CCCN(CCC)C(=O)c1ccc(C(=O)Nc2ccc(C(F)(F)F)cc2)cc1. The molecule has 0 aliphatic carbocycles. The van der Waals surface area contributed by atoms with Crippen molar-refractivity contribution >= 4 is 17.5 Å². The van der Waals surface area contributed by atoms with Gasteiger partial charge in [0.2, 0.25) is 0 Å². The molecule has 4 nitrogen and oxygen atoms in total. The standard InChI is InChI=1S/C21H23F3N2O2/c1-3-13-26(14-4-2)20(28)16-7-5-15(6-8-16)19(27)25-18-11-9-17(10-12-18)21(22,23)24/h5-12H,3-4,13-14H2,1-2H3,(H,25,27). The summed E-state index contributed by atoms with van der Waals surface area (Å²) in [5.41, 5.74) is 0.286. The van der Waals surface area contributed by atoms with Gasteiger partial charge in [-0.15, -0.1) is 0 Å². The van der Waals surface area contributed by atoms with Gasteiger partial charge in [0.25, 0.3) is 11.8 Å². The Morgan fingerprint density at radius 2 is 1.36 bits per heavy atom. The fraction of sp³-hybridized carbons (Fsp3) is 0.333. The number of anilines is 1. The zero-order chi connectivity index (χ0) is 20.7. The third kappa shape index (κ3) is 5.58. The maximum Gasteiger partial charge on any atom is 0.416 e. The lowest BCUT2D eigenvalue weighted by Crippen LogP contribution is -2.32. The van der Waals surface area contributed by atoms with E-state index in [1.165, 1.54) is 24.3 Å². The first-order chi connectivity index (χ1) is 13.3. The first-order valence-corrected chi connectivity index (χ1v) is 9.14. The highest BCUT2D eigenvalue weighted by atomic mass is 19.4. The summed E-state index contributed by atoms with van der Waals surface area (Å²) in [5, 5.41) is 2.55. The Balaban J connectivity index is 2.06. The highest BCUT2D eigenvalue weighted by Gasteiger charge is 2.30. The van der Waals surface area contributed by atoms with Gasteiger partial charge in [-0.25, -0.2) is 0 Å². The lowest BCUT2D eigenvalue weighted by molar-refractivity contribution is -0.137. The minimum atomic E-state index is -4.42. The van der Waals surface area contributed by atoms with Gasteiger partial charge >= 0.3 is 6.18 Å². The van der Waals surface area contributed by atoms with E-state index in [1.54, 1.807) is 17.0 Å². The molecule has 2 aromatic rings. The summed E-state index contributed by atoms with van der Waals surface area (Å²) in [5.74, 6) is -0.545. The van der Waals surface area contributed by atoms with Crippen LogP contribution >= 0.6 is 0 Å². The predicted molar refractivity (Wildman–Crippen MR) is 102 cm³/mol. The topological polar surface area (TPSA) is 49.4 Å². The van der Waals surface area contributed by atoms with Crippen LogP contribution in [0.25, 0.3) is 0 Å². The summed E-state index contributed by atoms with van der Waals surface area (Å²) in [4.78, 5) is 26.6. The molecule has 0 radical (unpaired) electrons. The molecule has 0 unspecified atom stereocenters. The first kappa shape index (κ1) is 21.5. The molecule has 0 bridgehead atoms. The van der Waals surface area contributed by atoms with Crippen molar-refractivity contribution in [2.45, 2.75) is 32.9 Å². The summed E-state index contributed by atoms with van der Waals surface area (Å²) >= 11 is 0. The van der Waals surface area contributed by atoms with Crippen molar-refractivity contribution in [3.8, 4) is 0 Å². The number of nitrogens with zero attached hydrogens (tertiary/aromatic N) is 1. The van der Waals surface area contributed by atoms with Crippen molar-refractivity contribution in [3.63, 3.8) is 0 Å². The molecule has 7 heteroatoms. The Morgan fingerprint density at radius 1 is 0.857 bits per heavy atom. The molecular weight excluding hydrogens is 369 g/mol. The normalized spacial score (nSPS) is 11.2. The van der Waals surface area contributed by atoms with Crippen LogP contribution in [0.5, 0.6) is 0 Å². The van der Waals surface area contributed by atoms with Crippen LogP contribution in [-0.4, -0.2) is 29.8 Å². The first-order valence-electron chi connectivity index (χ1n) is 9.14. The molecular formula is C21H23F3N2O2. The molecule has 0 heterocycles. The minimum absolute atomic E-state index is 0.0848. The molecule has 2 amide bonds. The molecule has 1 N–H and O–H groups in total. The maximum atomic E-state index is 12.6. The minimum Gasteiger partial charge on any atom is -0.339 e. The second-order valence-corrected chi connectivity index (χ2v) is 6.40. The fourth-order valence-electron chi connectivity index (χ4n) is 2.75. The van der Waals surface area contributed by atoms with Crippen LogP contribution in [0.15, 0.2) is 48.5 Å². The van der Waals surface area contributed by atoms with E-state index in [-0.39, 0.29) is 11.6 Å². The molecule has 28 heavy (non-hydrogen) atoms. The van der Waals surface area contributed by atoms with E-state index in [0.29, 0.717) is 24.2 Å². The van der Waals surface area contributed by atoms with Crippen molar-refractivity contribution in [2.24, 2.45) is 0 Å². The second kappa shape index (κ2) is 9.39. The lowest BCUT2D eigenvalue weighted by Gasteiger charge is -2.21. The zero-order valence-electron chi connectivity index (χ0n) is 15.8. The smallest absolute Gasteiger partial charge is 0.339 e. The largest absolute Gasteiger partial charge is 0.416 e. The number of amides is 2. The summed E-state index contributed by atoms with van der Waals surface area (Å²) < 4.78 is 37.8. The number of hydrogen-bond donors (Lipinski definition) is 1. The highest BCUT2D eigenvalue weighted by Crippen LogP contribution is 2.29. The molecule has 0 aliphatic rings. The van der Waals surface area contributed by atoms with Crippen molar-refractivity contribution in [2.75, 3.05) is 18.4 Å². The molecule has 150 valence electrons. The summed E-state index contributed by atoms with van der Waals surface area (Å²) in [7, 11) is 0. The number of rotatable bonds is 7. The van der Waals surface area contributed by atoms with Crippen molar-refractivity contribution in [1.29, 1.82) is 0 Å². The summed E-state index contributed by atoms with van der Waals surface area (Å²) in [6.07, 6.45) is -2.70. The summed E-state index contributed by atoms with van der Waals surface area (Å²) in [6, 6.07) is 10.5. The van der Waals surface area contributed by atoms with Crippen LogP contribution in [-0.2, 0) is 6.18 Å². The van der Waals surface area contributed by atoms with E-state index < -0.39 is 17.6 Å². The quantitative estimate of drug-likeness (QED) is 0.702. The van der Waals surface area contributed by atoms with Gasteiger partial charge < -0.3 is 10.2 Å². The Kier molecular flexibility index (Phi) is 7.20. The van der Waals surface area contributed by atoms with Crippen molar-refractivity contribution < 1.29 is 22.8 Å².